The van der Waals surface area contributed by atoms with E-state index in [1.54, 1.807) is 6.92 Å². The number of carbonyl (C=O) groups excluding carboxylic acids is 1. The molecule has 0 amide bonds. The molecule has 14 heavy (non-hydrogen) atoms. The fourth-order valence-electron chi connectivity index (χ4n) is 0.813. The van der Waals surface area contributed by atoms with Crippen LogP contribution in [0.2, 0.25) is 0 Å². The zero-order valence-electron chi connectivity index (χ0n) is 9.34. The molecular weight excluding hydrogens is 180 g/mol. The third kappa shape index (κ3) is 6.66. The normalized spacial score (nSPS) is 12.2. The molecule has 0 spiro atoms. The van der Waals surface area contributed by atoms with Crippen LogP contribution in [0.1, 0.15) is 33.6 Å². The first-order valence-electron chi connectivity index (χ1n) is 5.02. The van der Waals surface area contributed by atoms with Gasteiger partial charge in [-0.05, 0) is 20.3 Å². The summed E-state index contributed by atoms with van der Waals surface area (Å²) in [4.78, 5) is 11.1. The Hall–Kier alpha value is -0.830. The van der Waals surface area contributed by atoms with Crippen LogP contribution in [0.15, 0.2) is 12.2 Å². The minimum atomic E-state index is -0.350. The van der Waals surface area contributed by atoms with Crippen molar-refractivity contribution in [1.82, 2.24) is 0 Å². The molecular formula is C11H20O3. The zero-order chi connectivity index (χ0) is 11.0. The predicted molar refractivity (Wildman–Crippen MR) is 56.1 cm³/mol. The van der Waals surface area contributed by atoms with Gasteiger partial charge in [-0.1, -0.05) is 19.9 Å². The van der Waals surface area contributed by atoms with E-state index in [1.165, 1.54) is 0 Å². The van der Waals surface area contributed by atoms with Gasteiger partial charge in [-0.3, -0.25) is 0 Å². The van der Waals surface area contributed by atoms with E-state index in [-0.39, 0.29) is 12.1 Å². The van der Waals surface area contributed by atoms with Gasteiger partial charge in [0, 0.05) is 12.2 Å². The molecule has 0 saturated carbocycles. The number of hydrogen-bond acceptors (Lipinski definition) is 3. The molecule has 3 nitrogen and oxygen atoms in total. The van der Waals surface area contributed by atoms with Crippen molar-refractivity contribution < 1.29 is 14.3 Å². The average Bonchev–Trinajstić information content (AvgIpc) is 2.12. The third-order valence-electron chi connectivity index (χ3n) is 1.65. The summed E-state index contributed by atoms with van der Waals surface area (Å²) in [6.45, 7) is 10.2. The fourth-order valence-corrected chi connectivity index (χ4v) is 0.813. The van der Waals surface area contributed by atoms with Gasteiger partial charge < -0.3 is 9.47 Å². The topological polar surface area (TPSA) is 35.5 Å². The average molecular weight is 200 g/mol. The fraction of sp³-hybridized carbons (Fsp3) is 0.727. The van der Waals surface area contributed by atoms with Gasteiger partial charge in [0.2, 0.25) is 0 Å². The van der Waals surface area contributed by atoms with Gasteiger partial charge in [-0.15, -0.1) is 0 Å². The summed E-state index contributed by atoms with van der Waals surface area (Å²) >= 11 is 0. The smallest absolute Gasteiger partial charge is 0.333 e. The second kappa shape index (κ2) is 7.56. The standard InChI is InChI=1S/C11H20O3/c1-5-6-7-13-8-10(4)14-11(12)9(2)3/h10H,2,5-8H2,1,3-4H3. The highest BCUT2D eigenvalue weighted by atomic mass is 16.6. The summed E-state index contributed by atoms with van der Waals surface area (Å²) in [5, 5.41) is 0. The quantitative estimate of drug-likeness (QED) is 0.359. The molecule has 0 aliphatic heterocycles. The van der Waals surface area contributed by atoms with Crippen LogP contribution in [0.4, 0.5) is 0 Å². The Bertz CT molecular complexity index is 187. The lowest BCUT2D eigenvalue weighted by atomic mass is 10.3. The van der Waals surface area contributed by atoms with E-state index in [1.807, 2.05) is 6.92 Å². The van der Waals surface area contributed by atoms with Gasteiger partial charge in [-0.2, -0.15) is 0 Å². The molecule has 0 fully saturated rings. The summed E-state index contributed by atoms with van der Waals surface area (Å²) in [6.07, 6.45) is 1.96. The highest BCUT2D eigenvalue weighted by molar-refractivity contribution is 5.87. The molecule has 0 bridgehead atoms. The summed E-state index contributed by atoms with van der Waals surface area (Å²) in [5.74, 6) is -0.350. The van der Waals surface area contributed by atoms with Crippen molar-refractivity contribution in [2.24, 2.45) is 0 Å². The lowest BCUT2D eigenvalue weighted by molar-refractivity contribution is -0.146. The van der Waals surface area contributed by atoms with E-state index in [9.17, 15) is 4.79 Å². The van der Waals surface area contributed by atoms with Crippen LogP contribution in [-0.2, 0) is 14.3 Å². The summed E-state index contributed by atoms with van der Waals surface area (Å²) in [5.41, 5.74) is 0.422. The monoisotopic (exact) mass is 200 g/mol. The van der Waals surface area contributed by atoms with Crippen LogP contribution < -0.4 is 0 Å². The number of unbranched alkanes of at least 4 members (excludes halogenated alkanes) is 1. The Kier molecular flexibility index (Phi) is 7.11. The molecule has 0 radical (unpaired) electrons. The molecule has 0 aliphatic rings. The van der Waals surface area contributed by atoms with Crippen molar-refractivity contribution in [1.29, 1.82) is 0 Å². The zero-order valence-corrected chi connectivity index (χ0v) is 9.34. The Morgan fingerprint density at radius 2 is 2.14 bits per heavy atom. The van der Waals surface area contributed by atoms with Crippen LogP contribution in [0.3, 0.4) is 0 Å². The van der Waals surface area contributed by atoms with Gasteiger partial charge in [0.05, 0.1) is 6.61 Å². The first-order chi connectivity index (χ1) is 6.57. The van der Waals surface area contributed by atoms with Crippen molar-refractivity contribution in [2.75, 3.05) is 13.2 Å². The van der Waals surface area contributed by atoms with E-state index < -0.39 is 0 Å². The van der Waals surface area contributed by atoms with Crippen LogP contribution in [-0.4, -0.2) is 25.3 Å². The largest absolute Gasteiger partial charge is 0.457 e. The van der Waals surface area contributed by atoms with E-state index in [4.69, 9.17) is 9.47 Å². The SMILES string of the molecule is C=C(C)C(=O)OC(C)COCCCC. The van der Waals surface area contributed by atoms with Gasteiger partial charge in [0.15, 0.2) is 0 Å². The molecule has 0 heterocycles. The van der Waals surface area contributed by atoms with Gasteiger partial charge in [0.1, 0.15) is 6.10 Å². The number of carbonyl (C=O) groups is 1. The van der Waals surface area contributed by atoms with E-state index in [0.29, 0.717) is 12.2 Å². The van der Waals surface area contributed by atoms with E-state index in [0.717, 1.165) is 19.4 Å². The number of rotatable bonds is 7. The van der Waals surface area contributed by atoms with Gasteiger partial charge >= 0.3 is 5.97 Å². The Morgan fingerprint density at radius 3 is 2.64 bits per heavy atom. The van der Waals surface area contributed by atoms with Gasteiger partial charge in [0.25, 0.3) is 0 Å². The van der Waals surface area contributed by atoms with Crippen molar-refractivity contribution in [3.05, 3.63) is 12.2 Å². The number of hydrogen-bond donors (Lipinski definition) is 0. The maximum absolute atomic E-state index is 11.1. The summed E-state index contributed by atoms with van der Waals surface area (Å²) in [7, 11) is 0. The Morgan fingerprint density at radius 1 is 1.50 bits per heavy atom. The maximum Gasteiger partial charge on any atom is 0.333 e. The molecule has 0 aromatic rings. The first-order valence-corrected chi connectivity index (χ1v) is 5.02. The van der Waals surface area contributed by atoms with Crippen molar-refractivity contribution in [3.8, 4) is 0 Å². The van der Waals surface area contributed by atoms with Crippen LogP contribution in [0, 0.1) is 0 Å². The predicted octanol–water partition coefficient (Wildman–Crippen LogP) is 2.31. The number of ether oxygens (including phenoxy) is 2. The highest BCUT2D eigenvalue weighted by Gasteiger charge is 2.09. The second-order valence-corrected chi connectivity index (χ2v) is 3.42. The van der Waals surface area contributed by atoms with Gasteiger partial charge in [-0.25, -0.2) is 4.79 Å². The number of esters is 1. The van der Waals surface area contributed by atoms with Crippen LogP contribution in [0.5, 0.6) is 0 Å². The van der Waals surface area contributed by atoms with E-state index >= 15 is 0 Å². The van der Waals surface area contributed by atoms with Crippen LogP contribution in [0.25, 0.3) is 0 Å². The Labute approximate surface area is 86.1 Å². The maximum atomic E-state index is 11.1. The Balaban J connectivity index is 3.50. The minimum Gasteiger partial charge on any atom is -0.457 e. The van der Waals surface area contributed by atoms with Crippen molar-refractivity contribution >= 4 is 5.97 Å². The first kappa shape index (κ1) is 13.2. The lowest BCUT2D eigenvalue weighted by Crippen LogP contribution is -2.20. The van der Waals surface area contributed by atoms with Crippen molar-refractivity contribution in [3.63, 3.8) is 0 Å². The molecule has 0 aromatic carbocycles. The molecule has 1 unspecified atom stereocenters. The van der Waals surface area contributed by atoms with Crippen molar-refractivity contribution in [2.45, 2.75) is 39.7 Å². The molecule has 0 aromatic heterocycles. The minimum absolute atomic E-state index is 0.198. The molecule has 0 N–H and O–H groups in total. The summed E-state index contributed by atoms with van der Waals surface area (Å²) in [6, 6.07) is 0. The lowest BCUT2D eigenvalue weighted by Gasteiger charge is -2.13. The molecule has 0 aliphatic carbocycles. The van der Waals surface area contributed by atoms with Crippen LogP contribution >= 0.6 is 0 Å². The highest BCUT2D eigenvalue weighted by Crippen LogP contribution is 1.99. The molecule has 3 heteroatoms. The molecule has 1 atom stereocenters. The third-order valence-corrected chi connectivity index (χ3v) is 1.65. The van der Waals surface area contributed by atoms with E-state index in [2.05, 4.69) is 13.5 Å². The second-order valence-electron chi connectivity index (χ2n) is 3.42. The molecule has 0 saturated heterocycles. The molecule has 82 valence electrons. The summed E-state index contributed by atoms with van der Waals surface area (Å²) < 4.78 is 10.3. The molecule has 0 rings (SSSR count).